The summed E-state index contributed by atoms with van der Waals surface area (Å²) in [6.07, 6.45) is -1.28. The fourth-order valence-corrected chi connectivity index (χ4v) is 1.27. The molecule has 6 N–H and O–H groups in total. The number of carbonyl (C=O) groups is 2. The second-order valence-electron chi connectivity index (χ2n) is 3.89. The van der Waals surface area contributed by atoms with Gasteiger partial charge in [-0.1, -0.05) is 6.07 Å². The summed E-state index contributed by atoms with van der Waals surface area (Å²) >= 11 is 0. The van der Waals surface area contributed by atoms with Gasteiger partial charge in [0.05, 0.1) is 19.6 Å². The highest BCUT2D eigenvalue weighted by Crippen LogP contribution is 2.14. The van der Waals surface area contributed by atoms with E-state index in [4.69, 9.17) is 21.3 Å². The topological polar surface area (TPSA) is 128 Å². The monoisotopic (exact) mass is 267 g/mol. The average molecular weight is 267 g/mol. The summed E-state index contributed by atoms with van der Waals surface area (Å²) in [6, 6.07) is 6.85. The number of nitrogens with one attached hydrogen (secondary N) is 1. The molecule has 1 unspecified atom stereocenters. The molecule has 0 heterocycles. The van der Waals surface area contributed by atoms with Crippen LogP contribution in [0.25, 0.3) is 0 Å². The first-order valence-corrected chi connectivity index (χ1v) is 5.71. The fraction of sp³-hybridized carbons (Fsp3) is 0.333. The van der Waals surface area contributed by atoms with Gasteiger partial charge in [-0.3, -0.25) is 9.59 Å². The molecule has 0 aliphatic rings. The van der Waals surface area contributed by atoms with Gasteiger partial charge in [0.15, 0.2) is 0 Å². The summed E-state index contributed by atoms with van der Waals surface area (Å²) in [4.78, 5) is 21.9. The Kier molecular flexibility index (Phi) is 5.62. The first-order chi connectivity index (χ1) is 8.99. The minimum absolute atomic E-state index is 0.0975. The Morgan fingerprint density at radius 1 is 1.42 bits per heavy atom. The smallest absolute Gasteiger partial charge is 0.248 e. The van der Waals surface area contributed by atoms with Crippen molar-refractivity contribution < 1.29 is 19.4 Å². The van der Waals surface area contributed by atoms with Crippen molar-refractivity contribution in [1.82, 2.24) is 5.32 Å². The lowest BCUT2D eigenvalue weighted by molar-refractivity contribution is -0.127. The molecule has 19 heavy (non-hydrogen) atoms. The molecular weight excluding hydrogens is 250 g/mol. The number of aliphatic hydroxyl groups is 1. The van der Waals surface area contributed by atoms with Gasteiger partial charge in [-0.25, -0.2) is 0 Å². The van der Waals surface area contributed by atoms with Gasteiger partial charge < -0.3 is 26.6 Å². The number of anilines is 1. The maximum absolute atomic E-state index is 11.3. The summed E-state index contributed by atoms with van der Waals surface area (Å²) in [5.74, 6) is -0.648. The van der Waals surface area contributed by atoms with Crippen molar-refractivity contribution in [3.05, 3.63) is 24.3 Å². The lowest BCUT2D eigenvalue weighted by Crippen LogP contribution is -2.40. The predicted octanol–water partition coefficient (Wildman–Crippen LogP) is -1.000. The molecule has 0 saturated carbocycles. The van der Waals surface area contributed by atoms with Crippen molar-refractivity contribution >= 4 is 17.5 Å². The lowest BCUT2D eigenvalue weighted by atomic mass is 10.3. The minimum Gasteiger partial charge on any atom is -0.493 e. The summed E-state index contributed by atoms with van der Waals surface area (Å²) in [5.41, 5.74) is 11.0. The summed E-state index contributed by atoms with van der Waals surface area (Å²) in [5, 5.41) is 11.4. The molecule has 0 aliphatic carbocycles. The molecule has 7 nitrogen and oxygen atoms in total. The van der Waals surface area contributed by atoms with E-state index in [1.165, 1.54) is 0 Å². The third-order valence-corrected chi connectivity index (χ3v) is 2.28. The van der Waals surface area contributed by atoms with Crippen LogP contribution in [0.2, 0.25) is 0 Å². The Labute approximate surface area is 110 Å². The zero-order valence-electron chi connectivity index (χ0n) is 10.3. The third-order valence-electron chi connectivity index (χ3n) is 2.28. The standard InChI is InChI=1S/C12H17N3O4/c13-8-2-1-3-9(6-8)19-5-4-11(17)15-7-10(16)12(14)18/h1-3,6,10,16H,4-5,7,13H2,(H2,14,18)(H,15,17). The number of benzene rings is 1. The van der Waals surface area contributed by atoms with Gasteiger partial charge in [0.1, 0.15) is 11.9 Å². The lowest BCUT2D eigenvalue weighted by Gasteiger charge is -2.09. The highest BCUT2D eigenvalue weighted by Gasteiger charge is 2.11. The Hall–Kier alpha value is -2.28. The van der Waals surface area contributed by atoms with E-state index in [2.05, 4.69) is 5.32 Å². The molecule has 104 valence electrons. The number of ether oxygens (including phenoxy) is 1. The number of hydrogen-bond donors (Lipinski definition) is 4. The Morgan fingerprint density at radius 2 is 2.16 bits per heavy atom. The molecule has 0 aromatic heterocycles. The average Bonchev–Trinajstić information content (AvgIpc) is 2.36. The van der Waals surface area contributed by atoms with Gasteiger partial charge in [-0.05, 0) is 12.1 Å². The van der Waals surface area contributed by atoms with Gasteiger partial charge in [0.25, 0.3) is 0 Å². The molecule has 0 aliphatic heterocycles. The van der Waals surface area contributed by atoms with E-state index in [1.54, 1.807) is 24.3 Å². The second kappa shape index (κ2) is 7.22. The van der Waals surface area contributed by atoms with Crippen LogP contribution in [0.1, 0.15) is 6.42 Å². The molecule has 0 radical (unpaired) electrons. The Morgan fingerprint density at radius 3 is 2.79 bits per heavy atom. The molecule has 0 spiro atoms. The van der Waals surface area contributed by atoms with E-state index in [0.717, 1.165) is 0 Å². The van der Waals surface area contributed by atoms with Crippen LogP contribution in [0.3, 0.4) is 0 Å². The molecule has 0 fully saturated rings. The summed E-state index contributed by atoms with van der Waals surface area (Å²) < 4.78 is 5.32. The van der Waals surface area contributed by atoms with Crippen molar-refractivity contribution in [2.45, 2.75) is 12.5 Å². The largest absolute Gasteiger partial charge is 0.493 e. The summed E-state index contributed by atoms with van der Waals surface area (Å²) in [6.45, 7) is -0.0333. The number of amides is 2. The highest BCUT2D eigenvalue weighted by molar-refractivity contribution is 5.80. The van der Waals surface area contributed by atoms with Gasteiger partial charge >= 0.3 is 0 Å². The third kappa shape index (κ3) is 5.73. The van der Waals surface area contributed by atoms with Crippen LogP contribution in [-0.2, 0) is 9.59 Å². The predicted molar refractivity (Wildman–Crippen MR) is 69.2 cm³/mol. The van der Waals surface area contributed by atoms with Crippen LogP contribution in [0.15, 0.2) is 24.3 Å². The number of carbonyl (C=O) groups excluding carboxylic acids is 2. The maximum atomic E-state index is 11.3. The van der Waals surface area contributed by atoms with Crippen LogP contribution >= 0.6 is 0 Å². The van der Waals surface area contributed by atoms with E-state index in [0.29, 0.717) is 11.4 Å². The highest BCUT2D eigenvalue weighted by atomic mass is 16.5. The zero-order chi connectivity index (χ0) is 14.3. The van der Waals surface area contributed by atoms with Crippen molar-refractivity contribution in [3.8, 4) is 5.75 Å². The fourth-order valence-electron chi connectivity index (χ4n) is 1.27. The molecule has 7 heteroatoms. The van der Waals surface area contributed by atoms with Gasteiger partial charge in [-0.15, -0.1) is 0 Å². The van der Waals surface area contributed by atoms with Crippen molar-refractivity contribution in [2.75, 3.05) is 18.9 Å². The normalized spacial score (nSPS) is 11.6. The number of nitrogens with two attached hydrogens (primary N) is 2. The summed E-state index contributed by atoms with van der Waals surface area (Å²) in [7, 11) is 0. The SMILES string of the molecule is NC(=O)C(O)CNC(=O)CCOc1cccc(N)c1. The van der Waals surface area contributed by atoms with E-state index >= 15 is 0 Å². The number of rotatable bonds is 7. The van der Waals surface area contributed by atoms with Crippen LogP contribution in [0.4, 0.5) is 5.69 Å². The first-order valence-electron chi connectivity index (χ1n) is 5.71. The molecule has 1 aromatic rings. The van der Waals surface area contributed by atoms with Crippen LogP contribution in [-0.4, -0.2) is 36.2 Å². The van der Waals surface area contributed by atoms with E-state index < -0.39 is 12.0 Å². The quantitative estimate of drug-likeness (QED) is 0.471. The van der Waals surface area contributed by atoms with Crippen LogP contribution in [0.5, 0.6) is 5.75 Å². The van der Waals surface area contributed by atoms with E-state index in [1.807, 2.05) is 0 Å². The van der Waals surface area contributed by atoms with E-state index in [-0.39, 0.29) is 25.5 Å². The number of nitrogen functional groups attached to an aromatic ring is 1. The van der Waals surface area contributed by atoms with Gasteiger partial charge in [0.2, 0.25) is 11.8 Å². The zero-order valence-corrected chi connectivity index (χ0v) is 10.3. The van der Waals surface area contributed by atoms with Gasteiger partial charge in [-0.2, -0.15) is 0 Å². The van der Waals surface area contributed by atoms with Gasteiger partial charge in [0, 0.05) is 11.8 Å². The number of hydrogen-bond acceptors (Lipinski definition) is 5. The second-order valence-corrected chi connectivity index (χ2v) is 3.89. The molecule has 1 atom stereocenters. The van der Waals surface area contributed by atoms with E-state index in [9.17, 15) is 9.59 Å². The Balaban J connectivity index is 2.22. The molecule has 1 aromatic carbocycles. The molecule has 0 saturated heterocycles. The first kappa shape index (κ1) is 14.8. The minimum atomic E-state index is -1.38. The van der Waals surface area contributed by atoms with Crippen LogP contribution < -0.4 is 21.5 Å². The van der Waals surface area contributed by atoms with Crippen molar-refractivity contribution in [3.63, 3.8) is 0 Å². The molecule has 0 bridgehead atoms. The van der Waals surface area contributed by atoms with Crippen molar-refractivity contribution in [1.29, 1.82) is 0 Å². The van der Waals surface area contributed by atoms with Crippen molar-refractivity contribution in [2.24, 2.45) is 5.73 Å². The number of aliphatic hydroxyl groups excluding tert-OH is 1. The van der Waals surface area contributed by atoms with Crippen LogP contribution in [0, 0.1) is 0 Å². The molecular formula is C12H17N3O4. The number of primary amides is 1. The maximum Gasteiger partial charge on any atom is 0.248 e. The molecule has 2 amide bonds. The Bertz CT molecular complexity index is 450. The molecule has 1 rings (SSSR count).